The summed E-state index contributed by atoms with van der Waals surface area (Å²) in [5.74, 6) is 1.77. The molecule has 11 aromatic carbocycles. The maximum atomic E-state index is 7.47. The number of fused-ring (bicyclic) bond motifs is 11. The number of nitrogens with zero attached hydrogens (tertiary/aromatic N) is 5. The van der Waals surface area contributed by atoms with E-state index in [4.69, 9.17) is 19.4 Å². The summed E-state index contributed by atoms with van der Waals surface area (Å²) >= 11 is 0. The quantitative estimate of drug-likeness (QED) is 0.152. The standard InChI is InChI=1S/C69H43N5O/c1-4-20-44(21-5-1)47-26-18-27-48(42-47)67-70-68(72-69(71-67)59-34-11-10-30-51(59)45-22-6-2-7-23-45)49-28-19-29-50(43-49)73-61-36-16-13-32-53(61)55-38-40-57-58-41-39-56-54-33-14-17-37-62(54)74(64(56)66(58)75-65(57)63(55)73)60-35-15-12-31-52(60)46-24-8-3-9-25-46/h1-43H. The lowest BCUT2D eigenvalue weighted by molar-refractivity contribution is 0.673. The summed E-state index contributed by atoms with van der Waals surface area (Å²) in [6, 6.07) is 92.0. The van der Waals surface area contributed by atoms with Crippen LogP contribution < -0.4 is 0 Å². The molecule has 6 nitrogen and oxygen atoms in total. The predicted molar refractivity (Wildman–Crippen MR) is 308 cm³/mol. The van der Waals surface area contributed by atoms with E-state index >= 15 is 0 Å². The van der Waals surface area contributed by atoms with Crippen molar-refractivity contribution in [1.29, 1.82) is 0 Å². The average molecular weight is 958 g/mol. The van der Waals surface area contributed by atoms with Gasteiger partial charge in [0, 0.05) is 60.3 Å². The van der Waals surface area contributed by atoms with Crippen LogP contribution >= 0.6 is 0 Å². The zero-order valence-electron chi connectivity index (χ0n) is 40.5. The fourth-order valence-corrected chi connectivity index (χ4v) is 11.4. The molecule has 0 bridgehead atoms. The molecule has 15 rings (SSSR count). The summed E-state index contributed by atoms with van der Waals surface area (Å²) in [6.45, 7) is 0. The van der Waals surface area contributed by atoms with Crippen molar-refractivity contribution < 1.29 is 4.42 Å². The summed E-state index contributed by atoms with van der Waals surface area (Å²) in [6.07, 6.45) is 0. The van der Waals surface area contributed by atoms with Crippen molar-refractivity contribution in [2.45, 2.75) is 0 Å². The molecule has 0 aliphatic heterocycles. The number of hydrogen-bond donors (Lipinski definition) is 0. The maximum absolute atomic E-state index is 7.47. The third kappa shape index (κ3) is 6.92. The smallest absolute Gasteiger partial charge is 0.164 e. The Morgan fingerprint density at radius 3 is 1.36 bits per heavy atom. The van der Waals surface area contributed by atoms with Crippen LogP contribution in [-0.4, -0.2) is 24.1 Å². The lowest BCUT2D eigenvalue weighted by atomic mass is 9.99. The van der Waals surface area contributed by atoms with Gasteiger partial charge in [-0.05, 0) is 76.3 Å². The van der Waals surface area contributed by atoms with Gasteiger partial charge in [0.15, 0.2) is 28.6 Å². The minimum Gasteiger partial charge on any atom is -0.452 e. The minimum absolute atomic E-state index is 0.575. The van der Waals surface area contributed by atoms with Gasteiger partial charge in [0.2, 0.25) is 0 Å². The van der Waals surface area contributed by atoms with Crippen LogP contribution in [-0.2, 0) is 0 Å². The van der Waals surface area contributed by atoms with E-state index in [2.05, 4.69) is 258 Å². The van der Waals surface area contributed by atoms with Crippen LogP contribution in [0.2, 0.25) is 0 Å². The normalized spacial score (nSPS) is 11.7. The summed E-state index contributed by atoms with van der Waals surface area (Å²) < 4.78 is 12.2. The monoisotopic (exact) mass is 957 g/mol. The molecule has 4 aromatic heterocycles. The van der Waals surface area contributed by atoms with E-state index in [0.717, 1.165) is 122 Å². The Balaban J connectivity index is 0.958. The zero-order chi connectivity index (χ0) is 49.4. The first-order chi connectivity index (χ1) is 37.2. The van der Waals surface area contributed by atoms with Crippen LogP contribution in [0.1, 0.15) is 0 Å². The molecular weight excluding hydrogens is 915 g/mol. The Morgan fingerprint density at radius 1 is 0.267 bits per heavy atom. The second-order valence-electron chi connectivity index (χ2n) is 19.1. The summed E-state index contributed by atoms with van der Waals surface area (Å²) in [5.41, 5.74) is 17.3. The van der Waals surface area contributed by atoms with Gasteiger partial charge in [0.1, 0.15) is 0 Å². The fourth-order valence-electron chi connectivity index (χ4n) is 11.4. The van der Waals surface area contributed by atoms with E-state index in [-0.39, 0.29) is 0 Å². The van der Waals surface area contributed by atoms with E-state index in [1.165, 1.54) is 5.39 Å². The van der Waals surface area contributed by atoms with Crippen LogP contribution in [0.15, 0.2) is 265 Å². The van der Waals surface area contributed by atoms with Crippen molar-refractivity contribution in [3.63, 3.8) is 0 Å². The molecule has 0 N–H and O–H groups in total. The molecule has 0 radical (unpaired) electrons. The van der Waals surface area contributed by atoms with Crippen molar-refractivity contribution in [3.05, 3.63) is 261 Å². The fraction of sp³-hybridized carbons (Fsp3) is 0. The Labute approximate surface area is 431 Å². The molecule has 0 unspecified atom stereocenters. The molecule has 0 fully saturated rings. The van der Waals surface area contributed by atoms with Gasteiger partial charge in [-0.3, -0.25) is 0 Å². The first kappa shape index (κ1) is 42.5. The molecule has 0 saturated carbocycles. The van der Waals surface area contributed by atoms with Crippen molar-refractivity contribution in [2.75, 3.05) is 0 Å². The molecule has 0 aliphatic carbocycles. The summed E-state index contributed by atoms with van der Waals surface area (Å²) in [4.78, 5) is 15.9. The first-order valence-electron chi connectivity index (χ1n) is 25.3. The zero-order valence-corrected chi connectivity index (χ0v) is 40.5. The van der Waals surface area contributed by atoms with Crippen LogP contribution in [0.5, 0.6) is 0 Å². The van der Waals surface area contributed by atoms with E-state index in [1.807, 2.05) is 12.1 Å². The number of benzene rings is 11. The highest BCUT2D eigenvalue weighted by atomic mass is 16.3. The molecule has 4 heterocycles. The number of hydrogen-bond acceptors (Lipinski definition) is 4. The summed E-state index contributed by atoms with van der Waals surface area (Å²) in [7, 11) is 0. The van der Waals surface area contributed by atoms with Gasteiger partial charge in [-0.1, -0.05) is 212 Å². The Hall–Kier alpha value is -10.2. The van der Waals surface area contributed by atoms with Crippen LogP contribution in [0.25, 0.3) is 144 Å². The predicted octanol–water partition coefficient (Wildman–Crippen LogP) is 18.0. The molecule has 0 aliphatic rings. The molecule has 0 saturated heterocycles. The van der Waals surface area contributed by atoms with Crippen molar-refractivity contribution in [2.24, 2.45) is 0 Å². The molecule has 0 amide bonds. The van der Waals surface area contributed by atoms with E-state index in [1.54, 1.807) is 0 Å². The number of rotatable bonds is 8. The number of para-hydroxylation sites is 3. The molecule has 15 aromatic rings. The highest BCUT2D eigenvalue weighted by Gasteiger charge is 2.25. The first-order valence-corrected chi connectivity index (χ1v) is 25.3. The van der Waals surface area contributed by atoms with Gasteiger partial charge in [-0.15, -0.1) is 0 Å². The molecule has 75 heavy (non-hydrogen) atoms. The lowest BCUT2D eigenvalue weighted by Gasteiger charge is -2.14. The van der Waals surface area contributed by atoms with Gasteiger partial charge >= 0.3 is 0 Å². The third-order valence-corrected chi connectivity index (χ3v) is 14.8. The van der Waals surface area contributed by atoms with Gasteiger partial charge < -0.3 is 13.6 Å². The SMILES string of the molecule is c1ccc(-c2cccc(-c3nc(-c4cccc(-n5c6ccccc6c6ccc7c8ccc9c%10ccccc%10n(-c%10ccccc%10-c%10ccccc%10)c9c8oc7c65)c4)nc(-c4ccccc4-c4ccccc4)n3)c2)cc1. The molecule has 6 heteroatoms. The molecule has 350 valence electrons. The van der Waals surface area contributed by atoms with Crippen molar-refractivity contribution in [3.8, 4) is 78.9 Å². The number of aromatic nitrogens is 5. The maximum Gasteiger partial charge on any atom is 0.164 e. The highest BCUT2D eigenvalue weighted by Crippen LogP contribution is 2.46. The van der Waals surface area contributed by atoms with E-state index in [0.29, 0.717) is 17.5 Å². The van der Waals surface area contributed by atoms with Crippen LogP contribution in [0, 0.1) is 0 Å². The van der Waals surface area contributed by atoms with Crippen molar-refractivity contribution >= 4 is 65.6 Å². The lowest BCUT2D eigenvalue weighted by Crippen LogP contribution is -2.02. The van der Waals surface area contributed by atoms with Gasteiger partial charge in [0.25, 0.3) is 0 Å². The Bertz CT molecular complexity index is 4700. The second kappa shape index (κ2) is 17.3. The largest absolute Gasteiger partial charge is 0.452 e. The van der Waals surface area contributed by atoms with Gasteiger partial charge in [0.05, 0.1) is 27.8 Å². The highest BCUT2D eigenvalue weighted by molar-refractivity contribution is 6.26. The van der Waals surface area contributed by atoms with E-state index < -0.39 is 0 Å². The van der Waals surface area contributed by atoms with Gasteiger partial charge in [-0.2, -0.15) is 0 Å². The topological polar surface area (TPSA) is 61.7 Å². The third-order valence-electron chi connectivity index (χ3n) is 14.8. The van der Waals surface area contributed by atoms with E-state index in [9.17, 15) is 0 Å². The molecule has 0 atom stereocenters. The average Bonchev–Trinajstić information content (AvgIpc) is 4.30. The second-order valence-corrected chi connectivity index (χ2v) is 19.1. The Kier molecular flexibility index (Phi) is 9.78. The van der Waals surface area contributed by atoms with Crippen LogP contribution in [0.3, 0.4) is 0 Å². The van der Waals surface area contributed by atoms with Crippen molar-refractivity contribution in [1.82, 2.24) is 24.1 Å². The Morgan fingerprint density at radius 2 is 0.707 bits per heavy atom. The molecule has 0 spiro atoms. The minimum atomic E-state index is 0.575. The van der Waals surface area contributed by atoms with Gasteiger partial charge in [-0.25, -0.2) is 15.0 Å². The number of furan rings is 1. The van der Waals surface area contributed by atoms with Crippen LogP contribution in [0.4, 0.5) is 0 Å². The summed E-state index contributed by atoms with van der Waals surface area (Å²) in [5, 5.41) is 6.66. The molecular formula is C69H43N5O.